The molecule has 0 aliphatic heterocycles. The fourth-order valence-electron chi connectivity index (χ4n) is 1.34. The van der Waals surface area contributed by atoms with E-state index in [1.165, 1.54) is 0 Å². The highest BCUT2D eigenvalue weighted by molar-refractivity contribution is 6.29. The largest absolute Gasteiger partial charge is 0.368 e. The van der Waals surface area contributed by atoms with Gasteiger partial charge < -0.3 is 4.98 Å². The summed E-state index contributed by atoms with van der Waals surface area (Å²) in [6, 6.07) is 13.3. The molecule has 0 spiro atoms. The summed E-state index contributed by atoms with van der Waals surface area (Å²) in [5, 5.41) is 0.500. The number of aromatic nitrogens is 3. The van der Waals surface area contributed by atoms with E-state index in [2.05, 4.69) is 15.0 Å². The monoisotopic (exact) mass is 257 g/mol. The summed E-state index contributed by atoms with van der Waals surface area (Å²) < 4.78 is 0. The molecule has 0 saturated heterocycles. The molecule has 4 heteroatoms. The van der Waals surface area contributed by atoms with Crippen molar-refractivity contribution in [2.45, 2.75) is 0 Å². The average Bonchev–Trinajstić information content (AvgIpc) is 3.00. The summed E-state index contributed by atoms with van der Waals surface area (Å²) in [7, 11) is 0. The van der Waals surface area contributed by atoms with E-state index in [4.69, 9.17) is 11.6 Å². The van der Waals surface area contributed by atoms with Crippen LogP contribution in [0.25, 0.3) is 11.3 Å². The second kappa shape index (κ2) is 6.57. The van der Waals surface area contributed by atoms with E-state index in [9.17, 15) is 0 Å². The molecule has 3 rings (SSSR count). The van der Waals surface area contributed by atoms with E-state index in [0.29, 0.717) is 5.15 Å². The van der Waals surface area contributed by atoms with Crippen LogP contribution in [0.15, 0.2) is 67.3 Å². The van der Waals surface area contributed by atoms with Crippen molar-refractivity contribution in [3.05, 3.63) is 72.4 Å². The van der Waals surface area contributed by atoms with Crippen LogP contribution in [0.3, 0.4) is 0 Å². The van der Waals surface area contributed by atoms with Gasteiger partial charge in [0.2, 0.25) is 0 Å². The van der Waals surface area contributed by atoms with Gasteiger partial charge in [0.05, 0.1) is 5.69 Å². The molecule has 0 bridgehead atoms. The molecule has 3 aromatic heterocycles. The Kier molecular flexibility index (Phi) is 4.50. The van der Waals surface area contributed by atoms with Crippen molar-refractivity contribution in [1.29, 1.82) is 0 Å². The lowest BCUT2D eigenvalue weighted by Crippen LogP contribution is -1.82. The highest BCUT2D eigenvalue weighted by Gasteiger charge is 1.97. The van der Waals surface area contributed by atoms with Gasteiger partial charge in [0.1, 0.15) is 5.15 Å². The lowest BCUT2D eigenvalue weighted by atomic mass is 10.2. The molecule has 0 radical (unpaired) electrons. The van der Waals surface area contributed by atoms with Gasteiger partial charge in [-0.2, -0.15) is 0 Å². The molecule has 1 N–H and O–H groups in total. The molecular formula is C14H12ClN3. The number of aromatic amines is 1. The Bertz CT molecular complexity index is 530. The van der Waals surface area contributed by atoms with E-state index >= 15 is 0 Å². The van der Waals surface area contributed by atoms with Crippen molar-refractivity contribution in [3.8, 4) is 11.3 Å². The van der Waals surface area contributed by atoms with Gasteiger partial charge in [-0.3, -0.25) is 4.98 Å². The summed E-state index contributed by atoms with van der Waals surface area (Å²) in [6.07, 6.45) is 7.22. The van der Waals surface area contributed by atoms with E-state index in [1.54, 1.807) is 18.5 Å². The molecule has 0 amide bonds. The smallest absolute Gasteiger partial charge is 0.129 e. The number of halogens is 1. The zero-order chi connectivity index (χ0) is 12.6. The zero-order valence-corrected chi connectivity index (χ0v) is 10.4. The maximum Gasteiger partial charge on any atom is 0.129 e. The third kappa shape index (κ3) is 3.71. The molecule has 0 atom stereocenters. The van der Waals surface area contributed by atoms with E-state index < -0.39 is 0 Å². The van der Waals surface area contributed by atoms with E-state index in [0.717, 1.165) is 11.3 Å². The highest BCUT2D eigenvalue weighted by atomic mass is 35.5. The van der Waals surface area contributed by atoms with Gasteiger partial charge in [-0.05, 0) is 36.4 Å². The molecule has 0 aromatic carbocycles. The van der Waals surface area contributed by atoms with Gasteiger partial charge in [-0.1, -0.05) is 17.7 Å². The average molecular weight is 258 g/mol. The minimum atomic E-state index is 0.500. The minimum absolute atomic E-state index is 0.500. The summed E-state index contributed by atoms with van der Waals surface area (Å²) in [5.41, 5.74) is 1.89. The maximum absolute atomic E-state index is 5.67. The molecule has 0 aliphatic rings. The summed E-state index contributed by atoms with van der Waals surface area (Å²) >= 11 is 5.67. The van der Waals surface area contributed by atoms with Crippen LogP contribution in [0.5, 0.6) is 0 Å². The molecule has 0 saturated carbocycles. The van der Waals surface area contributed by atoms with Crippen LogP contribution in [-0.2, 0) is 0 Å². The van der Waals surface area contributed by atoms with Crippen molar-refractivity contribution >= 4 is 11.6 Å². The predicted octanol–water partition coefficient (Wildman–Crippen LogP) is 3.81. The van der Waals surface area contributed by atoms with Gasteiger partial charge in [-0.15, -0.1) is 0 Å². The Hall–Kier alpha value is -2.13. The van der Waals surface area contributed by atoms with Crippen molar-refractivity contribution in [2.24, 2.45) is 0 Å². The van der Waals surface area contributed by atoms with Gasteiger partial charge in [0.15, 0.2) is 0 Å². The van der Waals surface area contributed by atoms with Crippen LogP contribution < -0.4 is 0 Å². The molecule has 90 valence electrons. The summed E-state index contributed by atoms with van der Waals surface area (Å²) in [4.78, 5) is 11.0. The number of nitrogens with zero attached hydrogens (tertiary/aromatic N) is 2. The molecule has 3 nitrogen and oxygen atoms in total. The van der Waals surface area contributed by atoms with Crippen molar-refractivity contribution in [3.63, 3.8) is 0 Å². The normalized spacial score (nSPS) is 9.39. The van der Waals surface area contributed by atoms with Crippen LogP contribution in [0.2, 0.25) is 5.15 Å². The number of rotatable bonds is 1. The van der Waals surface area contributed by atoms with E-state index in [1.807, 2.05) is 48.8 Å². The lowest BCUT2D eigenvalue weighted by Gasteiger charge is -1.98. The Morgan fingerprint density at radius 3 is 2.22 bits per heavy atom. The first kappa shape index (κ1) is 12.3. The Balaban J connectivity index is 0.000000202. The van der Waals surface area contributed by atoms with Crippen LogP contribution in [0, 0.1) is 0 Å². The second-order valence-electron chi connectivity index (χ2n) is 3.47. The number of hydrogen-bond donors (Lipinski definition) is 1. The molecule has 0 aliphatic carbocycles. The van der Waals surface area contributed by atoms with Crippen LogP contribution in [-0.4, -0.2) is 15.0 Å². The van der Waals surface area contributed by atoms with Gasteiger partial charge in [0.25, 0.3) is 0 Å². The molecule has 3 aromatic rings. The van der Waals surface area contributed by atoms with E-state index in [-0.39, 0.29) is 0 Å². The quantitative estimate of drug-likeness (QED) is 0.674. The van der Waals surface area contributed by atoms with Crippen LogP contribution >= 0.6 is 11.6 Å². The molecule has 18 heavy (non-hydrogen) atoms. The van der Waals surface area contributed by atoms with Gasteiger partial charge >= 0.3 is 0 Å². The predicted molar refractivity (Wildman–Crippen MR) is 73.3 cm³/mol. The fraction of sp³-hybridized carbons (Fsp3) is 0. The van der Waals surface area contributed by atoms with Gasteiger partial charge in [-0.25, -0.2) is 4.98 Å². The fourth-order valence-corrected chi connectivity index (χ4v) is 1.45. The van der Waals surface area contributed by atoms with Crippen molar-refractivity contribution < 1.29 is 0 Å². The SMILES string of the molecule is Clc1ccc(-c2ccccn2)cn1.c1cc[nH]c1. The molecule has 0 unspecified atom stereocenters. The minimum Gasteiger partial charge on any atom is -0.368 e. The number of pyridine rings is 2. The lowest BCUT2D eigenvalue weighted by molar-refractivity contribution is 1.28. The third-order valence-corrected chi connectivity index (χ3v) is 2.41. The zero-order valence-electron chi connectivity index (χ0n) is 9.62. The Morgan fingerprint density at radius 1 is 0.889 bits per heavy atom. The van der Waals surface area contributed by atoms with Crippen molar-refractivity contribution in [1.82, 2.24) is 15.0 Å². The first-order valence-electron chi connectivity index (χ1n) is 5.47. The van der Waals surface area contributed by atoms with Crippen molar-refractivity contribution in [2.75, 3.05) is 0 Å². The Morgan fingerprint density at radius 2 is 1.72 bits per heavy atom. The highest BCUT2D eigenvalue weighted by Crippen LogP contribution is 2.16. The van der Waals surface area contributed by atoms with Gasteiger partial charge in [0, 0.05) is 30.4 Å². The third-order valence-electron chi connectivity index (χ3n) is 2.18. The van der Waals surface area contributed by atoms with Crippen LogP contribution in [0.1, 0.15) is 0 Å². The first-order chi connectivity index (χ1) is 8.86. The number of hydrogen-bond acceptors (Lipinski definition) is 2. The molecular weight excluding hydrogens is 246 g/mol. The molecule has 3 heterocycles. The summed E-state index contributed by atoms with van der Waals surface area (Å²) in [5.74, 6) is 0. The second-order valence-corrected chi connectivity index (χ2v) is 3.86. The molecule has 0 fully saturated rings. The topological polar surface area (TPSA) is 41.6 Å². The number of H-pyrrole nitrogens is 1. The standard InChI is InChI=1S/C10H7ClN2.C4H5N/c11-10-5-4-8(7-13-10)9-3-1-2-6-12-9;1-2-4-5-3-1/h1-7H;1-5H. The maximum atomic E-state index is 5.67. The Labute approximate surface area is 111 Å². The first-order valence-corrected chi connectivity index (χ1v) is 5.85. The van der Waals surface area contributed by atoms with Crippen LogP contribution in [0.4, 0.5) is 0 Å². The number of nitrogens with one attached hydrogen (secondary N) is 1. The summed E-state index contributed by atoms with van der Waals surface area (Å²) in [6.45, 7) is 0.